The van der Waals surface area contributed by atoms with Crippen LogP contribution in [0.4, 0.5) is 35.1 Å². The Morgan fingerprint density at radius 1 is 0.795 bits per heavy atom. The second kappa shape index (κ2) is 11.2. The van der Waals surface area contributed by atoms with Gasteiger partial charge in [-0.2, -0.15) is 13.2 Å². The van der Waals surface area contributed by atoms with E-state index in [1.54, 1.807) is 12.1 Å². The van der Waals surface area contributed by atoms with E-state index >= 15 is 0 Å². The molecule has 0 atom stereocenters. The largest absolute Gasteiger partial charge is 0.423 e. The second-order valence-corrected chi connectivity index (χ2v) is 9.58. The van der Waals surface area contributed by atoms with Crippen LogP contribution in [0.1, 0.15) is 60.0 Å². The van der Waals surface area contributed by atoms with Gasteiger partial charge >= 0.3 is 12.1 Å². The van der Waals surface area contributed by atoms with E-state index in [4.69, 9.17) is 0 Å². The monoisotopic (exact) mass is 554 g/mol. The van der Waals surface area contributed by atoms with Gasteiger partial charge in [0.1, 0.15) is 40.4 Å². The Hall–Kier alpha value is -3.69. The maximum atomic E-state index is 14.8. The van der Waals surface area contributed by atoms with Crippen LogP contribution < -0.4 is 4.74 Å². The molecule has 0 N–H and O–H groups in total. The number of carbonyl (C=O) groups excluding carboxylic acids is 1. The summed E-state index contributed by atoms with van der Waals surface area (Å²) in [5, 5.41) is 0. The highest BCUT2D eigenvalue weighted by atomic mass is 19.4. The summed E-state index contributed by atoms with van der Waals surface area (Å²) in [7, 11) is 0. The SMILES string of the molecule is CC1CCC(c2ccc(-c3cc(F)c(C(=O)Oc4cc(F)c(/C(F)=C/C(F)(F)F)c(F)c4)c(F)c3)cc2)CC1. The molecule has 0 unspecified atom stereocenters. The van der Waals surface area contributed by atoms with Crippen molar-refractivity contribution in [3.8, 4) is 16.9 Å². The van der Waals surface area contributed by atoms with Gasteiger partial charge in [-0.05, 0) is 53.5 Å². The smallest absolute Gasteiger partial charge is 0.412 e. The molecule has 0 aromatic heterocycles. The highest BCUT2D eigenvalue weighted by Gasteiger charge is 2.29. The lowest BCUT2D eigenvalue weighted by Crippen LogP contribution is -2.14. The molecular weight excluding hydrogens is 532 g/mol. The molecule has 39 heavy (non-hydrogen) atoms. The molecule has 1 fully saturated rings. The standard InChI is InChI=1S/C29H22F8O2/c1-15-2-4-16(5-3-15)17-6-8-18(9-7-17)19-10-21(30)27(22(31)11-19)28(38)39-20-12-23(32)26(24(33)13-20)25(34)14-29(35,36)37/h6-16H,2-5H2,1H3/b25-14-. The van der Waals surface area contributed by atoms with Crippen molar-refractivity contribution in [3.63, 3.8) is 0 Å². The minimum absolute atomic E-state index is 0.138. The van der Waals surface area contributed by atoms with Gasteiger partial charge in [0.2, 0.25) is 0 Å². The molecule has 2 nitrogen and oxygen atoms in total. The molecule has 0 amide bonds. The Kier molecular flexibility index (Phi) is 8.13. The number of carbonyl (C=O) groups is 1. The Bertz CT molecular complexity index is 1360. The van der Waals surface area contributed by atoms with E-state index in [2.05, 4.69) is 11.7 Å². The van der Waals surface area contributed by atoms with Crippen LogP contribution in [0.15, 0.2) is 54.6 Å². The fourth-order valence-corrected chi connectivity index (χ4v) is 4.69. The quantitative estimate of drug-likeness (QED) is 0.179. The number of benzene rings is 3. The molecule has 0 bridgehead atoms. The third-order valence-corrected chi connectivity index (χ3v) is 6.73. The minimum Gasteiger partial charge on any atom is -0.423 e. The van der Waals surface area contributed by atoms with E-state index < -0.39 is 64.2 Å². The molecule has 1 saturated carbocycles. The summed E-state index contributed by atoms with van der Waals surface area (Å²) in [6.45, 7) is 2.22. The van der Waals surface area contributed by atoms with Crippen molar-refractivity contribution in [2.75, 3.05) is 0 Å². The number of rotatable bonds is 5. The Morgan fingerprint density at radius 2 is 1.31 bits per heavy atom. The van der Waals surface area contributed by atoms with Crippen molar-refractivity contribution in [2.45, 2.75) is 44.7 Å². The molecule has 0 aliphatic heterocycles. The molecule has 4 rings (SSSR count). The molecule has 1 aliphatic rings. The number of esters is 1. The first kappa shape index (κ1) is 28.3. The summed E-state index contributed by atoms with van der Waals surface area (Å²) in [4.78, 5) is 12.4. The first-order chi connectivity index (χ1) is 18.3. The predicted octanol–water partition coefficient (Wildman–Crippen LogP) is 9.30. The van der Waals surface area contributed by atoms with Crippen LogP contribution in [0.25, 0.3) is 17.0 Å². The normalized spacial score (nSPS) is 18.2. The molecule has 0 heterocycles. The lowest BCUT2D eigenvalue weighted by Gasteiger charge is -2.26. The van der Waals surface area contributed by atoms with E-state index in [1.165, 1.54) is 0 Å². The first-order valence-corrected chi connectivity index (χ1v) is 12.1. The third-order valence-electron chi connectivity index (χ3n) is 6.73. The van der Waals surface area contributed by atoms with Gasteiger partial charge in [0, 0.05) is 12.1 Å². The highest BCUT2D eigenvalue weighted by Crippen LogP contribution is 2.37. The molecular formula is C29H22F8O2. The van der Waals surface area contributed by atoms with Crippen LogP contribution in [-0.2, 0) is 0 Å². The Balaban J connectivity index is 1.53. The molecule has 0 saturated heterocycles. The van der Waals surface area contributed by atoms with Gasteiger partial charge in [0.25, 0.3) is 0 Å². The number of halogens is 8. The zero-order chi connectivity index (χ0) is 28.5. The average Bonchev–Trinajstić information content (AvgIpc) is 2.82. The molecule has 1 aliphatic carbocycles. The zero-order valence-electron chi connectivity index (χ0n) is 20.5. The van der Waals surface area contributed by atoms with Crippen LogP contribution in [0, 0.1) is 29.2 Å². The molecule has 0 radical (unpaired) electrons. The number of alkyl halides is 3. The van der Waals surface area contributed by atoms with Crippen molar-refractivity contribution in [3.05, 3.63) is 94.6 Å². The molecule has 3 aromatic carbocycles. The van der Waals surface area contributed by atoms with Gasteiger partial charge in [-0.1, -0.05) is 44.0 Å². The lowest BCUT2D eigenvalue weighted by atomic mass is 9.79. The van der Waals surface area contributed by atoms with Crippen LogP contribution in [0.2, 0.25) is 0 Å². The summed E-state index contributed by atoms with van der Waals surface area (Å²) in [6.07, 6.45) is -1.74. The average molecular weight is 554 g/mol. The van der Waals surface area contributed by atoms with Crippen LogP contribution in [-0.4, -0.2) is 12.1 Å². The van der Waals surface area contributed by atoms with Gasteiger partial charge in [-0.15, -0.1) is 0 Å². The molecule has 0 spiro atoms. The van der Waals surface area contributed by atoms with Crippen LogP contribution >= 0.6 is 0 Å². The maximum Gasteiger partial charge on any atom is 0.412 e. The number of hydrogen-bond acceptors (Lipinski definition) is 2. The second-order valence-electron chi connectivity index (χ2n) is 9.58. The summed E-state index contributed by atoms with van der Waals surface area (Å²) in [6, 6.07) is 9.48. The van der Waals surface area contributed by atoms with Crippen molar-refractivity contribution >= 4 is 11.8 Å². The van der Waals surface area contributed by atoms with Gasteiger partial charge < -0.3 is 4.74 Å². The summed E-state index contributed by atoms with van der Waals surface area (Å²) in [5.41, 5.74) is -1.03. The number of allylic oxidation sites excluding steroid dienone is 1. The predicted molar refractivity (Wildman–Crippen MR) is 129 cm³/mol. The van der Waals surface area contributed by atoms with Crippen LogP contribution in [0.5, 0.6) is 5.75 Å². The van der Waals surface area contributed by atoms with E-state index in [1.807, 2.05) is 12.1 Å². The van der Waals surface area contributed by atoms with Crippen LogP contribution in [0.3, 0.4) is 0 Å². The van der Waals surface area contributed by atoms with Gasteiger partial charge in [-0.3, -0.25) is 0 Å². The van der Waals surface area contributed by atoms with E-state index in [9.17, 15) is 39.9 Å². The van der Waals surface area contributed by atoms with E-state index in [-0.39, 0.29) is 17.7 Å². The fourth-order valence-electron chi connectivity index (χ4n) is 4.69. The highest BCUT2D eigenvalue weighted by molar-refractivity contribution is 5.92. The van der Waals surface area contributed by atoms with Crippen molar-refractivity contribution < 1.29 is 44.7 Å². The molecule has 206 valence electrons. The maximum absolute atomic E-state index is 14.8. The summed E-state index contributed by atoms with van der Waals surface area (Å²) >= 11 is 0. The first-order valence-electron chi connectivity index (χ1n) is 12.1. The Labute approximate surface area is 218 Å². The lowest BCUT2D eigenvalue weighted by molar-refractivity contribution is -0.0798. The van der Waals surface area contributed by atoms with Crippen molar-refractivity contribution in [1.82, 2.24) is 0 Å². The minimum atomic E-state index is -5.19. The summed E-state index contributed by atoms with van der Waals surface area (Å²) in [5.74, 6) is -9.99. The Morgan fingerprint density at radius 3 is 1.82 bits per heavy atom. The van der Waals surface area contributed by atoms with E-state index in [0.29, 0.717) is 17.4 Å². The van der Waals surface area contributed by atoms with Crippen molar-refractivity contribution in [2.24, 2.45) is 5.92 Å². The van der Waals surface area contributed by atoms with Crippen molar-refractivity contribution in [1.29, 1.82) is 0 Å². The summed E-state index contributed by atoms with van der Waals surface area (Å²) < 4.78 is 113. The molecule has 10 heteroatoms. The number of hydrogen-bond donors (Lipinski definition) is 0. The number of ether oxygens (including phenoxy) is 1. The molecule has 3 aromatic rings. The van der Waals surface area contributed by atoms with E-state index in [0.717, 1.165) is 43.4 Å². The van der Waals surface area contributed by atoms with Gasteiger partial charge in [0.15, 0.2) is 0 Å². The zero-order valence-corrected chi connectivity index (χ0v) is 20.5. The van der Waals surface area contributed by atoms with Gasteiger partial charge in [0.05, 0.1) is 11.6 Å². The third kappa shape index (κ3) is 6.66. The fraction of sp³-hybridized carbons (Fsp3) is 0.276. The van der Waals surface area contributed by atoms with Gasteiger partial charge in [-0.25, -0.2) is 26.7 Å². The topological polar surface area (TPSA) is 26.3 Å².